The first-order chi connectivity index (χ1) is 16.5. The number of nitrogens with one attached hydrogen (secondary N) is 1. The molecule has 0 saturated heterocycles. The van der Waals surface area contributed by atoms with Crippen LogP contribution in [0.3, 0.4) is 0 Å². The normalized spacial score (nSPS) is 21.7. The number of hydrogen-bond acceptors (Lipinski definition) is 4. The SMILES string of the molecule is COc1ccc(CN2C(=O)c3cc4sccc4n3C[C@@]2(C)C(=O)NC2CCCCCCC2)cc1. The van der Waals surface area contributed by atoms with E-state index in [1.165, 1.54) is 19.3 Å². The minimum Gasteiger partial charge on any atom is -0.497 e. The number of ether oxygens (including phenoxy) is 1. The van der Waals surface area contributed by atoms with Crippen molar-refractivity contribution in [2.24, 2.45) is 0 Å². The van der Waals surface area contributed by atoms with Gasteiger partial charge in [-0.1, -0.05) is 44.2 Å². The molecule has 3 heterocycles. The maximum atomic E-state index is 13.9. The van der Waals surface area contributed by atoms with Crippen molar-refractivity contribution in [2.45, 2.75) is 76.5 Å². The molecule has 1 aliphatic carbocycles. The number of carbonyl (C=O) groups excluding carboxylic acids is 2. The molecule has 1 aliphatic heterocycles. The van der Waals surface area contributed by atoms with E-state index >= 15 is 0 Å². The molecule has 5 rings (SSSR count). The van der Waals surface area contributed by atoms with Crippen molar-refractivity contribution in [1.82, 2.24) is 14.8 Å². The predicted molar refractivity (Wildman–Crippen MR) is 135 cm³/mol. The Hall–Kier alpha value is -2.80. The Bertz CT molecular complexity index is 1170. The second kappa shape index (κ2) is 9.45. The molecule has 1 aromatic carbocycles. The van der Waals surface area contributed by atoms with E-state index in [2.05, 4.69) is 5.32 Å². The highest BCUT2D eigenvalue weighted by Gasteiger charge is 2.48. The van der Waals surface area contributed by atoms with Gasteiger partial charge in [-0.25, -0.2) is 0 Å². The molecule has 0 unspecified atom stereocenters. The van der Waals surface area contributed by atoms with Crippen LogP contribution in [0.1, 0.15) is 67.9 Å². The molecule has 3 aromatic rings. The van der Waals surface area contributed by atoms with E-state index in [9.17, 15) is 9.59 Å². The smallest absolute Gasteiger partial charge is 0.271 e. The average Bonchev–Trinajstić information content (AvgIpc) is 3.41. The van der Waals surface area contributed by atoms with Crippen LogP contribution >= 0.6 is 11.3 Å². The fraction of sp³-hybridized carbons (Fsp3) is 0.481. The molecule has 1 N–H and O–H groups in total. The summed E-state index contributed by atoms with van der Waals surface area (Å²) in [4.78, 5) is 29.5. The predicted octanol–water partition coefficient (Wildman–Crippen LogP) is 5.36. The zero-order chi connectivity index (χ0) is 23.7. The summed E-state index contributed by atoms with van der Waals surface area (Å²) in [7, 11) is 1.64. The monoisotopic (exact) mass is 479 g/mol. The van der Waals surface area contributed by atoms with Gasteiger partial charge in [0, 0.05) is 12.6 Å². The van der Waals surface area contributed by atoms with Crippen molar-refractivity contribution in [3.63, 3.8) is 0 Å². The van der Waals surface area contributed by atoms with Crippen molar-refractivity contribution >= 4 is 33.4 Å². The number of nitrogens with zero attached hydrogens (tertiary/aromatic N) is 2. The first kappa shape index (κ1) is 23.0. The zero-order valence-corrected chi connectivity index (χ0v) is 20.8. The van der Waals surface area contributed by atoms with Crippen molar-refractivity contribution in [3.05, 3.63) is 53.0 Å². The standard InChI is InChI=1S/C27H33N3O3S/c1-27(26(32)28-20-8-6-4-3-5-7-9-20)18-29-22-14-15-34-24(22)16-23(29)25(31)30(27)17-19-10-12-21(33-2)13-11-19/h10-16,20H,3-9,17-18H2,1-2H3,(H,28,32)/t27-/m0/s1. The number of carbonyl (C=O) groups is 2. The van der Waals surface area contributed by atoms with Crippen molar-refractivity contribution in [3.8, 4) is 5.75 Å². The first-order valence-electron chi connectivity index (χ1n) is 12.3. The molecule has 180 valence electrons. The number of aromatic nitrogens is 1. The maximum Gasteiger partial charge on any atom is 0.271 e. The Kier molecular flexibility index (Phi) is 6.38. The number of thiophene rings is 1. The largest absolute Gasteiger partial charge is 0.497 e. The van der Waals surface area contributed by atoms with Gasteiger partial charge in [0.1, 0.15) is 17.0 Å². The summed E-state index contributed by atoms with van der Waals surface area (Å²) >= 11 is 1.63. The molecule has 6 nitrogen and oxygen atoms in total. The van der Waals surface area contributed by atoms with Gasteiger partial charge in [-0.2, -0.15) is 0 Å². The summed E-state index contributed by atoms with van der Waals surface area (Å²) in [5.74, 6) is 0.621. The quantitative estimate of drug-likeness (QED) is 0.536. The zero-order valence-electron chi connectivity index (χ0n) is 20.0. The van der Waals surface area contributed by atoms with Gasteiger partial charge in [0.15, 0.2) is 0 Å². The van der Waals surface area contributed by atoms with Gasteiger partial charge in [0.25, 0.3) is 5.91 Å². The van der Waals surface area contributed by atoms with Crippen molar-refractivity contribution in [2.75, 3.05) is 7.11 Å². The molecule has 2 aromatic heterocycles. The lowest BCUT2D eigenvalue weighted by molar-refractivity contribution is -0.134. The summed E-state index contributed by atoms with van der Waals surface area (Å²) in [6.07, 6.45) is 8.06. The van der Waals surface area contributed by atoms with Crippen LogP contribution in [-0.2, 0) is 17.9 Å². The molecule has 1 atom stereocenters. The second-order valence-corrected chi connectivity index (χ2v) is 10.8. The van der Waals surface area contributed by atoms with Gasteiger partial charge in [0.2, 0.25) is 5.91 Å². The van der Waals surface area contributed by atoms with Crippen LogP contribution in [0, 0.1) is 0 Å². The topological polar surface area (TPSA) is 63.6 Å². The Morgan fingerprint density at radius 1 is 1.12 bits per heavy atom. The van der Waals surface area contributed by atoms with Crippen LogP contribution in [-0.4, -0.2) is 40.0 Å². The van der Waals surface area contributed by atoms with E-state index in [0.29, 0.717) is 18.8 Å². The van der Waals surface area contributed by atoms with Crippen LogP contribution in [0.2, 0.25) is 0 Å². The molecule has 1 saturated carbocycles. The van der Waals surface area contributed by atoms with Gasteiger partial charge in [-0.15, -0.1) is 11.3 Å². The van der Waals surface area contributed by atoms with E-state index in [1.807, 2.05) is 53.3 Å². The van der Waals surface area contributed by atoms with Crippen LogP contribution in [0.15, 0.2) is 41.8 Å². The Morgan fingerprint density at radius 3 is 2.53 bits per heavy atom. The maximum absolute atomic E-state index is 13.9. The van der Waals surface area contributed by atoms with Crippen LogP contribution in [0.5, 0.6) is 5.75 Å². The lowest BCUT2D eigenvalue weighted by Crippen LogP contribution is -2.64. The molecule has 34 heavy (non-hydrogen) atoms. The fourth-order valence-corrected chi connectivity index (χ4v) is 6.20. The lowest BCUT2D eigenvalue weighted by atomic mass is 9.91. The third-order valence-electron chi connectivity index (χ3n) is 7.48. The average molecular weight is 480 g/mol. The van der Waals surface area contributed by atoms with E-state index in [1.54, 1.807) is 23.3 Å². The van der Waals surface area contributed by atoms with Crippen molar-refractivity contribution < 1.29 is 14.3 Å². The summed E-state index contributed by atoms with van der Waals surface area (Å²) < 4.78 is 8.41. The molecule has 2 amide bonds. The third kappa shape index (κ3) is 4.22. The van der Waals surface area contributed by atoms with Crippen LogP contribution in [0.25, 0.3) is 10.2 Å². The van der Waals surface area contributed by atoms with Gasteiger partial charge >= 0.3 is 0 Å². The molecule has 2 aliphatic rings. The highest BCUT2D eigenvalue weighted by Crippen LogP contribution is 2.35. The summed E-state index contributed by atoms with van der Waals surface area (Å²) in [5, 5.41) is 5.39. The number of amides is 2. The number of rotatable bonds is 5. The summed E-state index contributed by atoms with van der Waals surface area (Å²) in [6.45, 7) is 2.74. The molecule has 7 heteroatoms. The van der Waals surface area contributed by atoms with Crippen LogP contribution < -0.4 is 10.1 Å². The number of fused-ring (bicyclic) bond motifs is 3. The first-order valence-corrected chi connectivity index (χ1v) is 13.2. The molecule has 1 fully saturated rings. The van der Waals surface area contributed by atoms with E-state index in [-0.39, 0.29) is 17.9 Å². The Morgan fingerprint density at radius 2 is 1.82 bits per heavy atom. The molecular formula is C27H33N3O3S. The minimum absolute atomic E-state index is 0.0531. The second-order valence-electron chi connectivity index (χ2n) is 9.81. The van der Waals surface area contributed by atoms with Gasteiger partial charge in [-0.05, 0) is 55.0 Å². The highest BCUT2D eigenvalue weighted by atomic mass is 32.1. The van der Waals surface area contributed by atoms with Crippen LogP contribution in [0.4, 0.5) is 0 Å². The third-order valence-corrected chi connectivity index (χ3v) is 8.33. The summed E-state index contributed by atoms with van der Waals surface area (Å²) in [6, 6.07) is 11.9. The van der Waals surface area contributed by atoms with E-state index < -0.39 is 5.54 Å². The Labute approximate surface area is 204 Å². The number of methoxy groups -OCH3 is 1. The molecule has 0 radical (unpaired) electrons. The number of hydrogen-bond donors (Lipinski definition) is 1. The lowest BCUT2D eigenvalue weighted by Gasteiger charge is -2.44. The molecular weight excluding hydrogens is 446 g/mol. The van der Waals surface area contributed by atoms with Gasteiger partial charge in [0.05, 0.1) is 23.9 Å². The molecule has 0 bridgehead atoms. The minimum atomic E-state index is -0.986. The highest BCUT2D eigenvalue weighted by molar-refractivity contribution is 7.17. The van der Waals surface area contributed by atoms with Gasteiger partial charge < -0.3 is 19.5 Å². The molecule has 0 spiro atoms. The van der Waals surface area contributed by atoms with E-state index in [0.717, 1.165) is 47.2 Å². The summed E-state index contributed by atoms with van der Waals surface area (Å²) in [5.41, 5.74) is 1.68. The fourth-order valence-electron chi connectivity index (χ4n) is 5.38. The van der Waals surface area contributed by atoms with Gasteiger partial charge in [-0.3, -0.25) is 9.59 Å². The van der Waals surface area contributed by atoms with E-state index in [4.69, 9.17) is 4.74 Å². The van der Waals surface area contributed by atoms with Crippen molar-refractivity contribution in [1.29, 1.82) is 0 Å². The number of benzene rings is 1. The Balaban J connectivity index is 1.48.